The summed E-state index contributed by atoms with van der Waals surface area (Å²) < 4.78 is 0. The van der Waals surface area contributed by atoms with Gasteiger partial charge in [-0.15, -0.1) is 0 Å². The van der Waals surface area contributed by atoms with Gasteiger partial charge in [-0.3, -0.25) is 4.79 Å². The number of Topliss-reactive ketones (excluding diaryl/α,β-unsaturated/α-hetero) is 1. The summed E-state index contributed by atoms with van der Waals surface area (Å²) in [5.41, 5.74) is -0.865. The maximum atomic E-state index is 11.4. The average Bonchev–Trinajstić information content (AvgIpc) is 1.93. The summed E-state index contributed by atoms with van der Waals surface area (Å²) in [6.45, 7) is 6.00. The van der Waals surface area contributed by atoms with E-state index < -0.39 is 5.60 Å². The molecule has 68 valence electrons. The minimum absolute atomic E-state index is 0.0445. The summed E-state index contributed by atoms with van der Waals surface area (Å²) in [7, 11) is 0. The van der Waals surface area contributed by atoms with E-state index >= 15 is 0 Å². The predicted molar refractivity (Wildman–Crippen MR) is 45.6 cm³/mol. The topological polar surface area (TPSA) is 37.3 Å². The quantitative estimate of drug-likeness (QED) is 0.593. The molecule has 3 atom stereocenters. The third-order valence-corrected chi connectivity index (χ3v) is 4.15. The van der Waals surface area contributed by atoms with Crippen molar-refractivity contribution >= 4 is 5.78 Å². The van der Waals surface area contributed by atoms with Gasteiger partial charge in [0, 0.05) is 12.3 Å². The maximum absolute atomic E-state index is 11.4. The maximum Gasteiger partial charge on any atom is 0.164 e. The van der Waals surface area contributed by atoms with E-state index in [0.717, 1.165) is 6.42 Å². The van der Waals surface area contributed by atoms with Crippen molar-refractivity contribution in [1.29, 1.82) is 0 Å². The first-order chi connectivity index (χ1) is 5.37. The first kappa shape index (κ1) is 8.24. The van der Waals surface area contributed by atoms with Crippen molar-refractivity contribution in [1.82, 2.24) is 0 Å². The predicted octanol–water partition coefficient (Wildman–Crippen LogP) is 1.37. The molecule has 3 aliphatic carbocycles. The lowest BCUT2D eigenvalue weighted by Gasteiger charge is -2.61. The molecular weight excluding hydrogens is 152 g/mol. The molecule has 3 rings (SSSR count). The Bertz CT molecular complexity index is 240. The van der Waals surface area contributed by atoms with Crippen LogP contribution in [-0.2, 0) is 4.79 Å². The van der Waals surface area contributed by atoms with E-state index in [1.165, 1.54) is 0 Å². The van der Waals surface area contributed by atoms with Crippen molar-refractivity contribution in [3.05, 3.63) is 0 Å². The molecular formula is C10H16O2. The minimum Gasteiger partial charge on any atom is -0.382 e. The van der Waals surface area contributed by atoms with E-state index in [2.05, 4.69) is 13.8 Å². The molecule has 0 amide bonds. The highest BCUT2D eigenvalue weighted by Gasteiger charge is 2.62. The molecule has 12 heavy (non-hydrogen) atoms. The van der Waals surface area contributed by atoms with Crippen LogP contribution in [0.5, 0.6) is 0 Å². The number of aliphatic hydroxyl groups is 1. The molecule has 1 N–H and O–H groups in total. The number of carbonyl (C=O) groups is 1. The summed E-state index contributed by atoms with van der Waals surface area (Å²) in [5, 5.41) is 9.94. The lowest BCUT2D eigenvalue weighted by atomic mass is 9.44. The second-order valence-electron chi connectivity index (χ2n) is 5.08. The van der Waals surface area contributed by atoms with Crippen molar-refractivity contribution < 1.29 is 9.90 Å². The molecule has 0 heterocycles. The molecule has 0 aliphatic heterocycles. The average molecular weight is 168 g/mol. The molecule has 0 radical (unpaired) electrons. The number of rotatable bonds is 0. The molecule has 3 aliphatic rings. The molecule has 0 saturated heterocycles. The number of hydrogen-bond acceptors (Lipinski definition) is 2. The van der Waals surface area contributed by atoms with Gasteiger partial charge in [0.15, 0.2) is 5.78 Å². The zero-order valence-corrected chi connectivity index (χ0v) is 7.92. The Morgan fingerprint density at radius 3 is 2.33 bits per heavy atom. The SMILES string of the molecule is CC1(C)C2CC(=O)[C@@](C)(O)[C@@H]1C2. The van der Waals surface area contributed by atoms with E-state index in [-0.39, 0.29) is 17.1 Å². The lowest BCUT2D eigenvalue weighted by molar-refractivity contribution is -0.196. The molecule has 2 nitrogen and oxygen atoms in total. The van der Waals surface area contributed by atoms with E-state index in [9.17, 15) is 9.90 Å². The van der Waals surface area contributed by atoms with Crippen molar-refractivity contribution in [2.75, 3.05) is 0 Å². The molecule has 3 fully saturated rings. The van der Waals surface area contributed by atoms with Crippen LogP contribution in [0.4, 0.5) is 0 Å². The molecule has 2 heteroatoms. The Kier molecular flexibility index (Phi) is 1.32. The Morgan fingerprint density at radius 2 is 2.00 bits per heavy atom. The normalized spacial score (nSPS) is 50.2. The summed E-state index contributed by atoms with van der Waals surface area (Å²) in [4.78, 5) is 11.4. The molecule has 0 aromatic rings. The second-order valence-corrected chi connectivity index (χ2v) is 5.08. The fourth-order valence-corrected chi connectivity index (χ4v) is 2.94. The van der Waals surface area contributed by atoms with Gasteiger partial charge in [-0.25, -0.2) is 0 Å². The number of carbonyl (C=O) groups excluding carboxylic acids is 1. The van der Waals surface area contributed by atoms with Gasteiger partial charge in [0.25, 0.3) is 0 Å². The number of fused-ring (bicyclic) bond motifs is 2. The molecule has 2 bridgehead atoms. The van der Waals surface area contributed by atoms with E-state index in [1.807, 2.05) is 0 Å². The largest absolute Gasteiger partial charge is 0.382 e. The van der Waals surface area contributed by atoms with E-state index in [1.54, 1.807) is 6.92 Å². The highest BCUT2D eigenvalue weighted by atomic mass is 16.3. The van der Waals surface area contributed by atoms with Gasteiger partial charge < -0.3 is 5.11 Å². The van der Waals surface area contributed by atoms with Gasteiger partial charge >= 0.3 is 0 Å². The van der Waals surface area contributed by atoms with Gasteiger partial charge in [-0.1, -0.05) is 13.8 Å². The van der Waals surface area contributed by atoms with Crippen LogP contribution >= 0.6 is 0 Å². The van der Waals surface area contributed by atoms with Gasteiger partial charge in [0.05, 0.1) is 0 Å². The minimum atomic E-state index is -1.04. The monoisotopic (exact) mass is 168 g/mol. The van der Waals surface area contributed by atoms with Crippen molar-refractivity contribution in [3.8, 4) is 0 Å². The van der Waals surface area contributed by atoms with Crippen molar-refractivity contribution in [2.24, 2.45) is 17.3 Å². The number of hydrogen-bond donors (Lipinski definition) is 1. The summed E-state index contributed by atoms with van der Waals surface area (Å²) in [5.74, 6) is 0.759. The van der Waals surface area contributed by atoms with Crippen LogP contribution in [0.3, 0.4) is 0 Å². The fraction of sp³-hybridized carbons (Fsp3) is 0.900. The lowest BCUT2D eigenvalue weighted by Crippen LogP contribution is -2.64. The van der Waals surface area contributed by atoms with Crippen LogP contribution in [0.2, 0.25) is 0 Å². The van der Waals surface area contributed by atoms with Crippen LogP contribution in [0, 0.1) is 17.3 Å². The van der Waals surface area contributed by atoms with E-state index in [0.29, 0.717) is 12.3 Å². The summed E-state index contributed by atoms with van der Waals surface area (Å²) >= 11 is 0. The van der Waals surface area contributed by atoms with Crippen molar-refractivity contribution in [3.63, 3.8) is 0 Å². The third-order valence-electron chi connectivity index (χ3n) is 4.15. The molecule has 0 aromatic carbocycles. The zero-order chi connectivity index (χ0) is 9.15. The number of ketones is 1. The highest BCUT2D eigenvalue weighted by molar-refractivity contribution is 5.89. The van der Waals surface area contributed by atoms with Gasteiger partial charge in [0.2, 0.25) is 0 Å². The zero-order valence-electron chi connectivity index (χ0n) is 7.92. The third kappa shape index (κ3) is 0.717. The Balaban J connectivity index is 2.33. The van der Waals surface area contributed by atoms with Crippen LogP contribution in [0.25, 0.3) is 0 Å². The fourth-order valence-electron chi connectivity index (χ4n) is 2.94. The van der Waals surface area contributed by atoms with E-state index in [4.69, 9.17) is 0 Å². The van der Waals surface area contributed by atoms with Crippen LogP contribution < -0.4 is 0 Å². The Morgan fingerprint density at radius 1 is 1.42 bits per heavy atom. The van der Waals surface area contributed by atoms with Gasteiger partial charge in [-0.05, 0) is 24.7 Å². The van der Waals surface area contributed by atoms with Crippen LogP contribution in [0.1, 0.15) is 33.6 Å². The molecule has 1 unspecified atom stereocenters. The summed E-state index contributed by atoms with van der Waals surface area (Å²) in [6, 6.07) is 0. The molecule has 0 spiro atoms. The Hall–Kier alpha value is -0.370. The van der Waals surface area contributed by atoms with Crippen LogP contribution in [0.15, 0.2) is 0 Å². The first-order valence-electron chi connectivity index (χ1n) is 4.62. The second kappa shape index (κ2) is 1.92. The highest BCUT2D eigenvalue weighted by Crippen LogP contribution is 2.61. The van der Waals surface area contributed by atoms with Crippen molar-refractivity contribution in [2.45, 2.75) is 39.2 Å². The first-order valence-corrected chi connectivity index (χ1v) is 4.62. The smallest absolute Gasteiger partial charge is 0.164 e. The summed E-state index contributed by atoms with van der Waals surface area (Å²) in [6.07, 6.45) is 1.61. The molecule has 3 saturated carbocycles. The van der Waals surface area contributed by atoms with Crippen LogP contribution in [-0.4, -0.2) is 16.5 Å². The molecule has 0 aromatic heterocycles. The van der Waals surface area contributed by atoms with Gasteiger partial charge in [-0.2, -0.15) is 0 Å². The van der Waals surface area contributed by atoms with Gasteiger partial charge in [0.1, 0.15) is 5.60 Å². The Labute approximate surface area is 73.0 Å². The standard InChI is InChI=1S/C10H16O2/c1-9(2)6-4-7(9)10(3,12)8(11)5-6/h6-7,12H,4-5H2,1-3H3/t6?,7-,10+/m1/s1.